The Morgan fingerprint density at radius 1 is 1.60 bits per heavy atom. The monoisotopic (exact) mass is 207 g/mol. The lowest BCUT2D eigenvalue weighted by molar-refractivity contribution is 0.111. The normalized spacial score (nSPS) is 17.7. The molecule has 1 aromatic rings. The third kappa shape index (κ3) is 2.29. The summed E-state index contributed by atoms with van der Waals surface area (Å²) in [5.74, 6) is 0. The lowest BCUT2D eigenvalue weighted by Gasteiger charge is -2.16. The number of carbonyl (C=O) groups excluding carboxylic acids is 1. The van der Waals surface area contributed by atoms with Crippen molar-refractivity contribution in [1.82, 2.24) is 4.57 Å². The van der Waals surface area contributed by atoms with Crippen LogP contribution in [0, 0.1) is 5.41 Å². The molecule has 3 nitrogen and oxygen atoms in total. The topological polar surface area (TPSA) is 31.2 Å². The van der Waals surface area contributed by atoms with Crippen LogP contribution in [0.5, 0.6) is 0 Å². The van der Waals surface area contributed by atoms with Crippen LogP contribution in [0.2, 0.25) is 0 Å². The summed E-state index contributed by atoms with van der Waals surface area (Å²) in [6.07, 6.45) is 6.52. The van der Waals surface area contributed by atoms with Crippen molar-refractivity contribution < 1.29 is 9.53 Å². The first-order valence-corrected chi connectivity index (χ1v) is 5.39. The number of hydrogen-bond donors (Lipinski definition) is 0. The van der Waals surface area contributed by atoms with E-state index in [2.05, 4.69) is 4.57 Å². The maximum Gasteiger partial charge on any atom is 0.166 e. The summed E-state index contributed by atoms with van der Waals surface area (Å²) in [5, 5.41) is 0. The summed E-state index contributed by atoms with van der Waals surface area (Å²) >= 11 is 0. The Bertz CT molecular complexity index is 339. The molecule has 0 amide bonds. The SMILES string of the molecule is COCCC1(Cn2cccc2C=O)CC1. The van der Waals surface area contributed by atoms with Crippen LogP contribution in [0.3, 0.4) is 0 Å². The molecule has 1 aromatic heterocycles. The number of ether oxygens (including phenoxy) is 1. The molecule has 0 aliphatic heterocycles. The average Bonchev–Trinajstić information content (AvgIpc) is 2.86. The van der Waals surface area contributed by atoms with Gasteiger partial charge in [-0.15, -0.1) is 0 Å². The van der Waals surface area contributed by atoms with Gasteiger partial charge in [0, 0.05) is 26.5 Å². The van der Waals surface area contributed by atoms with E-state index in [0.29, 0.717) is 5.41 Å². The summed E-state index contributed by atoms with van der Waals surface area (Å²) in [7, 11) is 1.74. The van der Waals surface area contributed by atoms with Gasteiger partial charge in [0.1, 0.15) is 0 Å². The summed E-state index contributed by atoms with van der Waals surface area (Å²) in [4.78, 5) is 10.8. The molecule has 0 bridgehead atoms. The van der Waals surface area contributed by atoms with E-state index in [1.807, 2.05) is 18.3 Å². The van der Waals surface area contributed by atoms with Crippen LogP contribution in [-0.4, -0.2) is 24.6 Å². The molecule has 82 valence electrons. The Balaban J connectivity index is 1.99. The second-order valence-corrected chi connectivity index (χ2v) is 4.42. The van der Waals surface area contributed by atoms with E-state index >= 15 is 0 Å². The van der Waals surface area contributed by atoms with Gasteiger partial charge in [-0.3, -0.25) is 4.79 Å². The molecule has 0 atom stereocenters. The van der Waals surface area contributed by atoms with Crippen molar-refractivity contribution in [3.05, 3.63) is 24.0 Å². The minimum Gasteiger partial charge on any atom is -0.385 e. The van der Waals surface area contributed by atoms with Gasteiger partial charge in [-0.1, -0.05) is 0 Å². The van der Waals surface area contributed by atoms with Crippen LogP contribution in [-0.2, 0) is 11.3 Å². The van der Waals surface area contributed by atoms with Gasteiger partial charge in [0.05, 0.1) is 5.69 Å². The molecule has 15 heavy (non-hydrogen) atoms. The lowest BCUT2D eigenvalue weighted by atomic mass is 10.0. The highest BCUT2D eigenvalue weighted by molar-refractivity contribution is 5.72. The van der Waals surface area contributed by atoms with Crippen molar-refractivity contribution in [2.75, 3.05) is 13.7 Å². The quantitative estimate of drug-likeness (QED) is 0.669. The van der Waals surface area contributed by atoms with Crippen LogP contribution in [0.4, 0.5) is 0 Å². The highest BCUT2D eigenvalue weighted by Gasteiger charge is 2.42. The molecule has 0 radical (unpaired) electrons. The van der Waals surface area contributed by atoms with Crippen molar-refractivity contribution in [3.63, 3.8) is 0 Å². The van der Waals surface area contributed by atoms with Gasteiger partial charge in [0.25, 0.3) is 0 Å². The Hall–Kier alpha value is -1.09. The van der Waals surface area contributed by atoms with E-state index in [1.165, 1.54) is 12.8 Å². The number of rotatable bonds is 6. The lowest BCUT2D eigenvalue weighted by Crippen LogP contribution is -2.14. The van der Waals surface area contributed by atoms with E-state index in [0.717, 1.165) is 31.6 Å². The largest absolute Gasteiger partial charge is 0.385 e. The molecule has 2 rings (SSSR count). The molecule has 0 unspecified atom stereocenters. The zero-order valence-corrected chi connectivity index (χ0v) is 9.11. The number of aldehydes is 1. The van der Waals surface area contributed by atoms with Gasteiger partial charge in [0.15, 0.2) is 6.29 Å². The number of carbonyl (C=O) groups is 1. The summed E-state index contributed by atoms with van der Waals surface area (Å²) in [6.45, 7) is 1.77. The average molecular weight is 207 g/mol. The molecule has 0 N–H and O–H groups in total. The molecule has 1 heterocycles. The van der Waals surface area contributed by atoms with E-state index in [-0.39, 0.29) is 0 Å². The van der Waals surface area contributed by atoms with Gasteiger partial charge >= 0.3 is 0 Å². The smallest absolute Gasteiger partial charge is 0.166 e. The molecule has 0 aromatic carbocycles. The molecule has 1 aliphatic rings. The maximum atomic E-state index is 10.8. The molecule has 1 fully saturated rings. The van der Waals surface area contributed by atoms with Crippen LogP contribution in [0.1, 0.15) is 29.8 Å². The van der Waals surface area contributed by atoms with Crippen molar-refractivity contribution in [2.24, 2.45) is 5.41 Å². The molecule has 3 heteroatoms. The van der Waals surface area contributed by atoms with E-state index < -0.39 is 0 Å². The van der Waals surface area contributed by atoms with Crippen molar-refractivity contribution in [3.8, 4) is 0 Å². The van der Waals surface area contributed by atoms with Gasteiger partial charge in [-0.25, -0.2) is 0 Å². The van der Waals surface area contributed by atoms with Crippen molar-refractivity contribution in [1.29, 1.82) is 0 Å². The molecule has 1 aliphatic carbocycles. The van der Waals surface area contributed by atoms with E-state index in [1.54, 1.807) is 7.11 Å². The third-order valence-electron chi connectivity index (χ3n) is 3.28. The first-order chi connectivity index (χ1) is 7.29. The zero-order chi connectivity index (χ0) is 10.7. The Morgan fingerprint density at radius 2 is 2.40 bits per heavy atom. The Kier molecular flexibility index (Phi) is 2.91. The van der Waals surface area contributed by atoms with Gasteiger partial charge in [-0.2, -0.15) is 0 Å². The first-order valence-electron chi connectivity index (χ1n) is 5.39. The number of aromatic nitrogens is 1. The van der Waals surface area contributed by atoms with Crippen LogP contribution in [0.15, 0.2) is 18.3 Å². The first kappa shape index (κ1) is 10.4. The molecule has 0 spiro atoms. The number of hydrogen-bond acceptors (Lipinski definition) is 2. The third-order valence-corrected chi connectivity index (χ3v) is 3.28. The van der Waals surface area contributed by atoms with Crippen molar-refractivity contribution >= 4 is 6.29 Å². The maximum absolute atomic E-state index is 10.8. The van der Waals surface area contributed by atoms with Gasteiger partial charge in [0.2, 0.25) is 0 Å². The summed E-state index contributed by atoms with van der Waals surface area (Å²) in [5.41, 5.74) is 1.17. The molecule has 1 saturated carbocycles. The minimum absolute atomic E-state index is 0.396. The molecule has 0 saturated heterocycles. The van der Waals surface area contributed by atoms with Crippen LogP contribution < -0.4 is 0 Å². The second-order valence-electron chi connectivity index (χ2n) is 4.42. The zero-order valence-electron chi connectivity index (χ0n) is 9.11. The minimum atomic E-state index is 0.396. The van der Waals surface area contributed by atoms with Crippen LogP contribution in [0.25, 0.3) is 0 Å². The highest BCUT2D eigenvalue weighted by atomic mass is 16.5. The fourth-order valence-electron chi connectivity index (χ4n) is 2.02. The number of methoxy groups -OCH3 is 1. The molecular weight excluding hydrogens is 190 g/mol. The molecular formula is C12H17NO2. The van der Waals surface area contributed by atoms with Crippen molar-refractivity contribution in [2.45, 2.75) is 25.8 Å². The van der Waals surface area contributed by atoms with Gasteiger partial charge < -0.3 is 9.30 Å². The predicted molar refractivity (Wildman–Crippen MR) is 58.0 cm³/mol. The van der Waals surface area contributed by atoms with Gasteiger partial charge in [-0.05, 0) is 36.8 Å². The fourth-order valence-corrected chi connectivity index (χ4v) is 2.02. The number of nitrogens with zero attached hydrogens (tertiary/aromatic N) is 1. The van der Waals surface area contributed by atoms with Crippen LogP contribution >= 0.6 is 0 Å². The Labute approximate surface area is 90.0 Å². The highest BCUT2D eigenvalue weighted by Crippen LogP contribution is 2.50. The summed E-state index contributed by atoms with van der Waals surface area (Å²) < 4.78 is 7.17. The fraction of sp³-hybridized carbons (Fsp3) is 0.583. The standard InChI is InChI=1S/C12H17NO2/c1-15-8-6-12(4-5-12)10-13-7-2-3-11(13)9-14/h2-3,7,9H,4-6,8,10H2,1H3. The second kappa shape index (κ2) is 4.19. The van der Waals surface area contributed by atoms with E-state index in [9.17, 15) is 4.79 Å². The predicted octanol–water partition coefficient (Wildman–Crippen LogP) is 2.12. The summed E-state index contributed by atoms with van der Waals surface area (Å²) in [6, 6.07) is 3.79. The van der Waals surface area contributed by atoms with E-state index in [4.69, 9.17) is 4.74 Å². The Morgan fingerprint density at radius 3 is 3.00 bits per heavy atom.